The van der Waals surface area contributed by atoms with Gasteiger partial charge in [0.15, 0.2) is 4.77 Å². The number of nitrogens with one attached hydrogen (secondary N) is 2. The zero-order chi connectivity index (χ0) is 12.0. The normalized spacial score (nSPS) is 9.12. The third-order valence-corrected chi connectivity index (χ3v) is 2.05. The fourth-order valence-corrected chi connectivity index (χ4v) is 1.45. The molecule has 1 aromatic heterocycles. The first-order valence-corrected chi connectivity index (χ1v) is 5.55. The van der Waals surface area contributed by atoms with Crippen LogP contribution >= 0.6 is 12.2 Å². The third-order valence-electron chi connectivity index (χ3n) is 1.85. The molecule has 0 spiro atoms. The molecule has 0 saturated heterocycles. The van der Waals surface area contributed by atoms with Gasteiger partial charge in [0.25, 0.3) is 5.56 Å². The first-order valence-electron chi connectivity index (χ1n) is 5.15. The van der Waals surface area contributed by atoms with E-state index in [4.69, 9.17) is 12.2 Å². The van der Waals surface area contributed by atoms with Crippen LogP contribution in [0.5, 0.6) is 0 Å². The second kappa shape index (κ2) is 6.02. The average molecular weight is 234 g/mol. The van der Waals surface area contributed by atoms with E-state index < -0.39 is 0 Å². The van der Waals surface area contributed by atoms with Gasteiger partial charge >= 0.3 is 0 Å². The topological polar surface area (TPSA) is 48.6 Å². The van der Waals surface area contributed by atoms with Gasteiger partial charge in [-0.2, -0.15) is 0 Å². The molecule has 0 unspecified atom stereocenters. The van der Waals surface area contributed by atoms with E-state index in [0.29, 0.717) is 4.77 Å². The van der Waals surface area contributed by atoms with Crippen LogP contribution in [0.15, 0.2) is 41.2 Å². The molecule has 1 heterocycles. The molecule has 0 aliphatic rings. The molecular weight excluding hydrogens is 220 g/mol. The summed E-state index contributed by atoms with van der Waals surface area (Å²) in [4.78, 5) is 16.5. The van der Waals surface area contributed by atoms with Gasteiger partial charge in [-0.05, 0) is 17.8 Å². The van der Waals surface area contributed by atoms with Crippen LogP contribution in [0.1, 0.15) is 13.8 Å². The lowest BCUT2D eigenvalue weighted by atomic mass is 10.1. The molecule has 0 amide bonds. The van der Waals surface area contributed by atoms with Crippen molar-refractivity contribution in [1.29, 1.82) is 0 Å². The summed E-state index contributed by atoms with van der Waals surface area (Å²) in [6.07, 6.45) is 0. The zero-order valence-electron chi connectivity index (χ0n) is 9.28. The molecule has 16 heavy (non-hydrogen) atoms. The van der Waals surface area contributed by atoms with Crippen LogP contribution in [0, 0.1) is 4.77 Å². The molecule has 0 radical (unpaired) electrons. The van der Waals surface area contributed by atoms with Crippen LogP contribution < -0.4 is 5.56 Å². The Hall–Kier alpha value is -1.68. The molecule has 0 aliphatic carbocycles. The minimum atomic E-state index is -0.187. The SMILES string of the molecule is CC.O=c1cc(-c2ccccc2)[nH]c(=S)[nH]1. The van der Waals surface area contributed by atoms with E-state index in [1.54, 1.807) is 0 Å². The van der Waals surface area contributed by atoms with Crippen molar-refractivity contribution in [2.45, 2.75) is 13.8 Å². The maximum atomic E-state index is 11.1. The summed E-state index contributed by atoms with van der Waals surface area (Å²) in [6, 6.07) is 11.1. The average Bonchev–Trinajstić information content (AvgIpc) is 2.32. The standard InChI is InChI=1S/C10H8N2OS.C2H6/c13-9-6-8(11-10(14)12-9)7-4-2-1-3-5-7;1-2/h1-6H,(H2,11,12,13,14);1-2H3. The van der Waals surface area contributed by atoms with E-state index in [2.05, 4.69) is 9.97 Å². The lowest BCUT2D eigenvalue weighted by Crippen LogP contribution is -2.06. The Morgan fingerprint density at radius 2 is 1.69 bits per heavy atom. The summed E-state index contributed by atoms with van der Waals surface area (Å²) in [5, 5.41) is 0. The predicted octanol–water partition coefficient (Wildman–Crippen LogP) is 3.13. The van der Waals surface area contributed by atoms with Gasteiger partial charge in [0.05, 0.1) is 5.69 Å². The first kappa shape index (κ1) is 12.4. The number of hydrogen-bond acceptors (Lipinski definition) is 2. The third kappa shape index (κ3) is 3.17. The molecule has 84 valence electrons. The van der Waals surface area contributed by atoms with Crippen molar-refractivity contribution in [3.05, 3.63) is 51.5 Å². The molecule has 2 N–H and O–H groups in total. The molecule has 1 aromatic carbocycles. The maximum absolute atomic E-state index is 11.1. The van der Waals surface area contributed by atoms with Gasteiger partial charge in [-0.15, -0.1) is 0 Å². The maximum Gasteiger partial charge on any atom is 0.252 e. The van der Waals surface area contributed by atoms with Crippen molar-refractivity contribution in [3.63, 3.8) is 0 Å². The molecule has 0 bridgehead atoms. The highest BCUT2D eigenvalue weighted by Gasteiger charge is 1.97. The van der Waals surface area contributed by atoms with Crippen molar-refractivity contribution in [3.8, 4) is 11.3 Å². The van der Waals surface area contributed by atoms with Crippen LogP contribution in [-0.4, -0.2) is 9.97 Å². The number of H-pyrrole nitrogens is 2. The molecule has 2 rings (SSSR count). The van der Waals surface area contributed by atoms with Gasteiger partial charge in [-0.25, -0.2) is 0 Å². The monoisotopic (exact) mass is 234 g/mol. The van der Waals surface area contributed by atoms with Crippen LogP contribution in [0.3, 0.4) is 0 Å². The van der Waals surface area contributed by atoms with Gasteiger partial charge in [0, 0.05) is 6.07 Å². The largest absolute Gasteiger partial charge is 0.332 e. The first-order chi connectivity index (χ1) is 7.75. The van der Waals surface area contributed by atoms with E-state index in [1.165, 1.54) is 6.07 Å². The molecule has 3 nitrogen and oxygen atoms in total. The van der Waals surface area contributed by atoms with E-state index in [0.717, 1.165) is 11.3 Å². The molecule has 0 aliphatic heterocycles. The molecule has 0 fully saturated rings. The molecule has 4 heteroatoms. The summed E-state index contributed by atoms with van der Waals surface area (Å²) >= 11 is 4.88. The lowest BCUT2D eigenvalue weighted by Gasteiger charge is -1.99. The Balaban J connectivity index is 0.000000606. The molecular formula is C12H14N2OS. The Kier molecular flexibility index (Phi) is 4.66. The zero-order valence-corrected chi connectivity index (χ0v) is 10.1. The molecule has 0 atom stereocenters. The quantitative estimate of drug-likeness (QED) is 0.745. The van der Waals surface area contributed by atoms with Gasteiger partial charge in [-0.1, -0.05) is 44.2 Å². The Labute approximate surface area is 99.2 Å². The second-order valence-corrected chi connectivity index (χ2v) is 3.28. The minimum absolute atomic E-state index is 0.187. The molecule has 0 saturated carbocycles. The van der Waals surface area contributed by atoms with Gasteiger partial charge in [0.2, 0.25) is 0 Å². The Morgan fingerprint density at radius 1 is 1.06 bits per heavy atom. The van der Waals surface area contributed by atoms with Crippen molar-refractivity contribution < 1.29 is 0 Å². The lowest BCUT2D eigenvalue weighted by molar-refractivity contribution is 1.09. The summed E-state index contributed by atoms with van der Waals surface area (Å²) in [6.45, 7) is 4.00. The Morgan fingerprint density at radius 3 is 2.25 bits per heavy atom. The highest BCUT2D eigenvalue weighted by atomic mass is 32.1. The van der Waals surface area contributed by atoms with E-state index >= 15 is 0 Å². The van der Waals surface area contributed by atoms with Crippen LogP contribution in [-0.2, 0) is 0 Å². The molecule has 2 aromatic rings. The van der Waals surface area contributed by atoms with Crippen LogP contribution in [0.25, 0.3) is 11.3 Å². The van der Waals surface area contributed by atoms with Gasteiger partial charge in [0.1, 0.15) is 0 Å². The number of aromatic nitrogens is 2. The van der Waals surface area contributed by atoms with E-state index in [1.807, 2.05) is 44.2 Å². The smallest absolute Gasteiger partial charge is 0.252 e. The summed E-state index contributed by atoms with van der Waals surface area (Å²) < 4.78 is 0.344. The highest BCUT2D eigenvalue weighted by molar-refractivity contribution is 7.71. The minimum Gasteiger partial charge on any atom is -0.332 e. The summed E-state index contributed by atoms with van der Waals surface area (Å²) in [5.74, 6) is 0. The number of rotatable bonds is 1. The van der Waals surface area contributed by atoms with Crippen molar-refractivity contribution in [1.82, 2.24) is 9.97 Å². The van der Waals surface area contributed by atoms with E-state index in [-0.39, 0.29) is 5.56 Å². The van der Waals surface area contributed by atoms with Crippen molar-refractivity contribution in [2.24, 2.45) is 0 Å². The fraction of sp³-hybridized carbons (Fsp3) is 0.167. The fourth-order valence-electron chi connectivity index (χ4n) is 1.24. The van der Waals surface area contributed by atoms with Crippen molar-refractivity contribution in [2.75, 3.05) is 0 Å². The number of hydrogen-bond donors (Lipinski definition) is 2. The van der Waals surface area contributed by atoms with Gasteiger partial charge < -0.3 is 4.98 Å². The van der Waals surface area contributed by atoms with E-state index in [9.17, 15) is 4.79 Å². The Bertz CT molecular complexity index is 514. The van der Waals surface area contributed by atoms with Crippen LogP contribution in [0.4, 0.5) is 0 Å². The second-order valence-electron chi connectivity index (χ2n) is 2.87. The predicted molar refractivity (Wildman–Crippen MR) is 69.0 cm³/mol. The highest BCUT2D eigenvalue weighted by Crippen LogP contribution is 2.12. The van der Waals surface area contributed by atoms with Gasteiger partial charge in [-0.3, -0.25) is 9.78 Å². The number of aromatic amines is 2. The number of benzene rings is 1. The summed E-state index contributed by atoms with van der Waals surface area (Å²) in [5.41, 5.74) is 1.50. The summed E-state index contributed by atoms with van der Waals surface area (Å²) in [7, 11) is 0. The van der Waals surface area contributed by atoms with Crippen molar-refractivity contribution >= 4 is 12.2 Å². The van der Waals surface area contributed by atoms with Crippen LogP contribution in [0.2, 0.25) is 0 Å².